The average Bonchev–Trinajstić information content (AvgIpc) is 3.23. The molecule has 0 radical (unpaired) electrons. The molecular weight excluding hydrogens is 626 g/mol. The third-order valence-electron chi connectivity index (χ3n) is 6.78. The molecule has 216 valence electrons. The molecule has 1 saturated heterocycles. The number of nitro groups is 1. The van der Waals surface area contributed by atoms with Gasteiger partial charge in [0.25, 0.3) is 16.8 Å². The summed E-state index contributed by atoms with van der Waals surface area (Å²) in [6, 6.07) is 17.5. The minimum Gasteiger partial charge on any atom is -0.490 e. The van der Waals surface area contributed by atoms with E-state index in [0.717, 1.165) is 28.6 Å². The van der Waals surface area contributed by atoms with Gasteiger partial charge < -0.3 is 14.4 Å². The van der Waals surface area contributed by atoms with Gasteiger partial charge >= 0.3 is 0 Å². The molecule has 3 aromatic carbocycles. The summed E-state index contributed by atoms with van der Waals surface area (Å²) in [4.78, 5) is 52.4. The van der Waals surface area contributed by atoms with Crippen LogP contribution in [0.15, 0.2) is 70.0 Å². The first-order valence-corrected chi connectivity index (χ1v) is 14.8. The Hall–Kier alpha value is -4.16. The van der Waals surface area contributed by atoms with Crippen molar-refractivity contribution in [2.45, 2.75) is 26.5 Å². The molecule has 2 heterocycles. The lowest BCUT2D eigenvalue weighted by atomic mass is 10.00. The highest BCUT2D eigenvalue weighted by Gasteiger charge is 2.37. The molecule has 12 heteroatoms. The molecule has 0 atom stereocenters. The molecule has 0 bridgehead atoms. The Morgan fingerprint density at radius 1 is 1.10 bits per heavy atom. The number of non-ortho nitro benzene ring substituents is 1. The summed E-state index contributed by atoms with van der Waals surface area (Å²) in [5, 5.41) is 10.6. The fourth-order valence-corrected chi connectivity index (χ4v) is 6.13. The summed E-state index contributed by atoms with van der Waals surface area (Å²) in [5.41, 5.74) is 3.43. The van der Waals surface area contributed by atoms with Crippen molar-refractivity contribution in [1.82, 2.24) is 9.80 Å². The Bertz CT molecular complexity index is 1610. The molecule has 5 rings (SSSR count). The number of carbonyl (C=O) groups is 3. The SMILES string of the molecule is CCOc1cc(/C=C2\SC(=O)N(CC(=O)N3CCc4ccccc4C3)C2=O)cc(Br)c1OCc1cccc([N+](=O)[O-])c1. The van der Waals surface area contributed by atoms with Crippen molar-refractivity contribution in [3.05, 3.63) is 102 Å². The number of nitro benzene ring substituents is 1. The van der Waals surface area contributed by atoms with Crippen molar-refractivity contribution in [2.24, 2.45) is 0 Å². The lowest BCUT2D eigenvalue weighted by Crippen LogP contribution is -2.44. The van der Waals surface area contributed by atoms with Gasteiger partial charge in [0.15, 0.2) is 11.5 Å². The predicted molar refractivity (Wildman–Crippen MR) is 161 cm³/mol. The van der Waals surface area contributed by atoms with Crippen molar-refractivity contribution in [1.29, 1.82) is 0 Å². The largest absolute Gasteiger partial charge is 0.490 e. The number of hydrogen-bond donors (Lipinski definition) is 0. The first-order chi connectivity index (χ1) is 20.2. The summed E-state index contributed by atoms with van der Waals surface area (Å²) >= 11 is 4.27. The van der Waals surface area contributed by atoms with E-state index in [4.69, 9.17) is 9.47 Å². The van der Waals surface area contributed by atoms with Gasteiger partial charge in [-0.3, -0.25) is 29.4 Å². The maximum Gasteiger partial charge on any atom is 0.294 e. The predicted octanol–water partition coefficient (Wildman–Crippen LogP) is 5.96. The van der Waals surface area contributed by atoms with Gasteiger partial charge in [-0.25, -0.2) is 0 Å². The molecule has 0 saturated carbocycles. The van der Waals surface area contributed by atoms with Crippen LogP contribution in [0, 0.1) is 10.1 Å². The standard InChI is InChI=1S/C30H26BrN3O7S/c1-2-40-25-14-20(13-24(31)28(25)41-18-19-6-5-9-23(12-19)34(38)39)15-26-29(36)33(30(37)42-26)17-27(35)32-11-10-21-7-3-4-8-22(21)16-32/h3-9,12-15H,2,10-11,16-18H2,1H3/b26-15-. The fourth-order valence-electron chi connectivity index (χ4n) is 4.72. The molecule has 0 aliphatic carbocycles. The van der Waals surface area contributed by atoms with E-state index >= 15 is 0 Å². The number of thioether (sulfide) groups is 1. The van der Waals surface area contributed by atoms with Crippen LogP contribution in [-0.2, 0) is 29.2 Å². The van der Waals surface area contributed by atoms with Gasteiger partial charge in [-0.05, 0) is 81.5 Å². The number of rotatable bonds is 9. The van der Waals surface area contributed by atoms with Crippen LogP contribution in [0.25, 0.3) is 6.08 Å². The van der Waals surface area contributed by atoms with Crippen LogP contribution in [0.3, 0.4) is 0 Å². The lowest BCUT2D eigenvalue weighted by molar-refractivity contribution is -0.384. The second kappa shape index (κ2) is 12.8. The number of amides is 3. The number of ether oxygens (including phenoxy) is 2. The third kappa shape index (κ3) is 6.50. The summed E-state index contributed by atoms with van der Waals surface area (Å²) < 4.78 is 12.3. The van der Waals surface area contributed by atoms with Crippen LogP contribution in [0.2, 0.25) is 0 Å². The van der Waals surface area contributed by atoms with Gasteiger partial charge in [0.2, 0.25) is 5.91 Å². The van der Waals surface area contributed by atoms with E-state index in [1.165, 1.54) is 17.7 Å². The number of carbonyl (C=O) groups excluding carboxylic acids is 3. The first-order valence-electron chi connectivity index (χ1n) is 13.2. The Morgan fingerprint density at radius 3 is 2.64 bits per heavy atom. The number of halogens is 1. The van der Waals surface area contributed by atoms with E-state index in [-0.39, 0.29) is 29.7 Å². The Morgan fingerprint density at radius 2 is 1.88 bits per heavy atom. The van der Waals surface area contributed by atoms with Crippen molar-refractivity contribution < 1.29 is 28.8 Å². The first kappa shape index (κ1) is 29.3. The molecule has 1 fully saturated rings. The van der Waals surface area contributed by atoms with Gasteiger partial charge in [0, 0.05) is 25.2 Å². The average molecular weight is 653 g/mol. The zero-order valence-corrected chi connectivity index (χ0v) is 25.0. The molecule has 2 aliphatic rings. The number of nitrogens with zero attached hydrogens (tertiary/aromatic N) is 3. The molecule has 3 amide bonds. The van der Waals surface area contributed by atoms with Crippen LogP contribution < -0.4 is 9.47 Å². The summed E-state index contributed by atoms with van der Waals surface area (Å²) in [6.45, 7) is 2.88. The number of benzene rings is 3. The van der Waals surface area contributed by atoms with Crippen molar-refractivity contribution in [2.75, 3.05) is 19.7 Å². The number of hydrogen-bond acceptors (Lipinski definition) is 8. The molecule has 3 aromatic rings. The van der Waals surface area contributed by atoms with Crippen LogP contribution in [-0.4, -0.2) is 51.5 Å². The summed E-state index contributed by atoms with van der Waals surface area (Å²) in [6.07, 6.45) is 2.30. The Labute approximate surface area is 254 Å². The molecule has 10 nitrogen and oxygen atoms in total. The van der Waals surface area contributed by atoms with E-state index in [1.54, 1.807) is 35.2 Å². The maximum absolute atomic E-state index is 13.2. The highest BCUT2D eigenvalue weighted by atomic mass is 79.9. The number of fused-ring (bicyclic) bond motifs is 1. The minimum atomic E-state index is -0.532. The molecule has 0 unspecified atom stereocenters. The van der Waals surface area contributed by atoms with Gasteiger partial charge in [-0.1, -0.05) is 36.4 Å². The minimum absolute atomic E-state index is 0.0348. The van der Waals surface area contributed by atoms with E-state index < -0.39 is 16.1 Å². The second-order valence-electron chi connectivity index (χ2n) is 9.58. The maximum atomic E-state index is 13.2. The quantitative estimate of drug-likeness (QED) is 0.158. The van der Waals surface area contributed by atoms with Gasteiger partial charge in [0.05, 0.1) is 20.9 Å². The number of imide groups is 1. The molecule has 0 spiro atoms. The van der Waals surface area contributed by atoms with Crippen LogP contribution >= 0.6 is 27.7 Å². The fraction of sp³-hybridized carbons (Fsp3) is 0.233. The third-order valence-corrected chi connectivity index (χ3v) is 8.28. The van der Waals surface area contributed by atoms with Crippen molar-refractivity contribution >= 4 is 56.5 Å². The van der Waals surface area contributed by atoms with Crippen molar-refractivity contribution in [3.8, 4) is 11.5 Å². The van der Waals surface area contributed by atoms with E-state index in [2.05, 4.69) is 15.9 Å². The van der Waals surface area contributed by atoms with Crippen LogP contribution in [0.1, 0.15) is 29.2 Å². The van der Waals surface area contributed by atoms with E-state index in [0.29, 0.717) is 46.8 Å². The molecule has 0 aromatic heterocycles. The topological polar surface area (TPSA) is 119 Å². The molecule has 0 N–H and O–H groups in total. The van der Waals surface area contributed by atoms with Gasteiger partial charge in [-0.2, -0.15) is 0 Å². The molecular formula is C30H26BrN3O7S. The zero-order valence-electron chi connectivity index (χ0n) is 22.6. The Balaban J connectivity index is 1.29. The van der Waals surface area contributed by atoms with Gasteiger partial charge in [0.1, 0.15) is 13.2 Å². The zero-order chi connectivity index (χ0) is 29.8. The highest BCUT2D eigenvalue weighted by Crippen LogP contribution is 2.40. The highest BCUT2D eigenvalue weighted by molar-refractivity contribution is 9.10. The van der Waals surface area contributed by atoms with E-state index in [9.17, 15) is 24.5 Å². The van der Waals surface area contributed by atoms with Crippen molar-refractivity contribution in [3.63, 3.8) is 0 Å². The lowest BCUT2D eigenvalue weighted by Gasteiger charge is -2.29. The normalized spacial score (nSPS) is 15.6. The van der Waals surface area contributed by atoms with Crippen LogP contribution in [0.4, 0.5) is 10.5 Å². The van der Waals surface area contributed by atoms with Crippen LogP contribution in [0.5, 0.6) is 11.5 Å². The smallest absolute Gasteiger partial charge is 0.294 e. The van der Waals surface area contributed by atoms with E-state index in [1.807, 2.05) is 31.2 Å². The second-order valence-corrected chi connectivity index (χ2v) is 11.4. The summed E-state index contributed by atoms with van der Waals surface area (Å²) in [7, 11) is 0. The monoisotopic (exact) mass is 651 g/mol. The Kier molecular flexibility index (Phi) is 8.93. The molecule has 42 heavy (non-hydrogen) atoms. The summed E-state index contributed by atoms with van der Waals surface area (Å²) in [5.74, 6) is -0.0267. The van der Waals surface area contributed by atoms with Gasteiger partial charge in [-0.15, -0.1) is 0 Å². The molecule has 2 aliphatic heterocycles.